The summed E-state index contributed by atoms with van der Waals surface area (Å²) in [5.74, 6) is 0. The molecule has 0 saturated carbocycles. The summed E-state index contributed by atoms with van der Waals surface area (Å²) in [5, 5.41) is 0.979. The van der Waals surface area contributed by atoms with Crippen molar-refractivity contribution in [1.29, 1.82) is 0 Å². The molecule has 0 aliphatic carbocycles. The highest BCUT2D eigenvalue weighted by molar-refractivity contribution is 7.14. The fourth-order valence-electron chi connectivity index (χ4n) is 0.993. The van der Waals surface area contributed by atoms with Crippen LogP contribution in [-0.4, -0.2) is 14.5 Å². The number of imidazole rings is 1. The van der Waals surface area contributed by atoms with Gasteiger partial charge in [0, 0.05) is 11.9 Å². The lowest BCUT2D eigenvalue weighted by atomic mass is 10.5. The molecule has 4 heteroatoms. The van der Waals surface area contributed by atoms with Crippen molar-refractivity contribution < 1.29 is 0 Å². The van der Waals surface area contributed by atoms with Crippen molar-refractivity contribution in [3.63, 3.8) is 0 Å². The summed E-state index contributed by atoms with van der Waals surface area (Å²) >= 11 is 1.63. The Labute approximate surface area is 74.7 Å². The van der Waals surface area contributed by atoms with E-state index in [1.165, 1.54) is 0 Å². The minimum Gasteiger partial charge on any atom is -0.332 e. The van der Waals surface area contributed by atoms with Crippen LogP contribution in [0.25, 0.3) is 10.7 Å². The van der Waals surface area contributed by atoms with Crippen LogP contribution < -0.4 is 0 Å². The van der Waals surface area contributed by atoms with E-state index in [2.05, 4.69) is 16.2 Å². The quantitative estimate of drug-likeness (QED) is 0.664. The second-order valence-corrected chi connectivity index (χ2v) is 3.78. The van der Waals surface area contributed by atoms with E-state index in [1.54, 1.807) is 17.7 Å². The second kappa shape index (κ2) is 2.71. The Morgan fingerprint density at radius 2 is 2.42 bits per heavy atom. The number of hydrogen-bond acceptors (Lipinski definition) is 3. The molecule has 3 nitrogen and oxygen atoms in total. The minimum absolute atomic E-state index is 0.979. The van der Waals surface area contributed by atoms with Crippen molar-refractivity contribution in [3.8, 4) is 10.7 Å². The standard InChI is InChI=1S/C8H8N3S/c1-6-3-10-8(12-6)7-4-9-5-11(7)2/h4-5H,1-2H3. The van der Waals surface area contributed by atoms with Crippen LogP contribution >= 0.6 is 11.3 Å². The van der Waals surface area contributed by atoms with Gasteiger partial charge in [-0.3, -0.25) is 0 Å². The van der Waals surface area contributed by atoms with Crippen LogP contribution in [0.4, 0.5) is 0 Å². The van der Waals surface area contributed by atoms with Gasteiger partial charge in [-0.05, 0) is 6.92 Å². The topological polar surface area (TPSA) is 30.7 Å². The van der Waals surface area contributed by atoms with E-state index >= 15 is 0 Å². The van der Waals surface area contributed by atoms with Gasteiger partial charge >= 0.3 is 0 Å². The summed E-state index contributed by atoms with van der Waals surface area (Å²) in [4.78, 5) is 9.28. The van der Waals surface area contributed by atoms with Gasteiger partial charge in [-0.15, -0.1) is 11.3 Å². The molecule has 2 aromatic rings. The molecule has 0 aliphatic rings. The zero-order valence-electron chi connectivity index (χ0n) is 6.90. The highest BCUT2D eigenvalue weighted by Gasteiger charge is 2.05. The number of rotatable bonds is 1. The molecule has 0 spiro atoms. The van der Waals surface area contributed by atoms with E-state index < -0.39 is 0 Å². The maximum Gasteiger partial charge on any atom is 0.142 e. The van der Waals surface area contributed by atoms with Crippen LogP contribution in [0, 0.1) is 13.1 Å². The van der Waals surface area contributed by atoms with Crippen molar-refractivity contribution >= 4 is 11.3 Å². The Morgan fingerprint density at radius 3 is 2.92 bits per heavy atom. The summed E-state index contributed by atoms with van der Waals surface area (Å²) in [6.07, 6.45) is 6.49. The Morgan fingerprint density at radius 1 is 1.58 bits per heavy atom. The molecule has 0 aliphatic heterocycles. The monoisotopic (exact) mass is 178 g/mol. The Balaban J connectivity index is 2.50. The smallest absolute Gasteiger partial charge is 0.142 e. The summed E-state index contributed by atoms with van der Waals surface area (Å²) in [7, 11) is 1.96. The first-order chi connectivity index (χ1) is 5.77. The van der Waals surface area contributed by atoms with Gasteiger partial charge in [0.2, 0.25) is 0 Å². The summed E-state index contributed by atoms with van der Waals surface area (Å²) in [5.41, 5.74) is 1.05. The number of aryl methyl sites for hydroxylation is 2. The largest absolute Gasteiger partial charge is 0.332 e. The van der Waals surface area contributed by atoms with E-state index in [0.29, 0.717) is 0 Å². The zero-order chi connectivity index (χ0) is 8.55. The zero-order valence-corrected chi connectivity index (χ0v) is 7.72. The third-order valence-corrected chi connectivity index (χ3v) is 2.49. The number of aromatic nitrogens is 3. The molecular weight excluding hydrogens is 170 g/mol. The van der Waals surface area contributed by atoms with Crippen LogP contribution in [0.15, 0.2) is 12.5 Å². The van der Waals surface area contributed by atoms with E-state index in [0.717, 1.165) is 15.6 Å². The van der Waals surface area contributed by atoms with Crippen LogP contribution in [0.1, 0.15) is 4.88 Å². The molecule has 2 aromatic heterocycles. The van der Waals surface area contributed by atoms with Crippen molar-refractivity contribution in [2.24, 2.45) is 7.05 Å². The first-order valence-corrected chi connectivity index (χ1v) is 4.41. The van der Waals surface area contributed by atoms with Crippen molar-refractivity contribution in [2.75, 3.05) is 0 Å². The second-order valence-electron chi connectivity index (χ2n) is 2.58. The van der Waals surface area contributed by atoms with Gasteiger partial charge in [0.1, 0.15) is 11.2 Å². The number of nitrogens with zero attached hydrogens (tertiary/aromatic N) is 3. The highest BCUT2D eigenvalue weighted by atomic mass is 32.1. The van der Waals surface area contributed by atoms with Gasteiger partial charge in [-0.1, -0.05) is 0 Å². The molecule has 0 fully saturated rings. The third-order valence-electron chi connectivity index (χ3n) is 1.60. The van der Waals surface area contributed by atoms with E-state index in [1.807, 2.05) is 24.7 Å². The molecule has 1 radical (unpaired) electrons. The van der Waals surface area contributed by atoms with Crippen molar-refractivity contribution in [3.05, 3.63) is 23.6 Å². The fourth-order valence-corrected chi connectivity index (χ4v) is 1.77. The molecule has 0 atom stereocenters. The lowest BCUT2D eigenvalue weighted by Gasteiger charge is -1.94. The van der Waals surface area contributed by atoms with Gasteiger partial charge < -0.3 is 4.57 Å². The summed E-state index contributed by atoms with van der Waals surface area (Å²) in [6.45, 7) is 2.00. The molecule has 0 amide bonds. The molecule has 12 heavy (non-hydrogen) atoms. The van der Waals surface area contributed by atoms with Crippen LogP contribution in [0.3, 0.4) is 0 Å². The van der Waals surface area contributed by atoms with Gasteiger partial charge in [0.15, 0.2) is 0 Å². The molecule has 2 rings (SSSR count). The Hall–Kier alpha value is -1.16. The molecule has 61 valence electrons. The first kappa shape index (κ1) is 7.49. The van der Waals surface area contributed by atoms with Crippen LogP contribution in [0.5, 0.6) is 0 Å². The van der Waals surface area contributed by atoms with Crippen molar-refractivity contribution in [1.82, 2.24) is 14.5 Å². The maximum absolute atomic E-state index is 4.15. The lowest BCUT2D eigenvalue weighted by molar-refractivity contribution is 0.920. The molecule has 0 unspecified atom stereocenters. The first-order valence-electron chi connectivity index (χ1n) is 3.59. The normalized spacial score (nSPS) is 10.5. The lowest BCUT2D eigenvalue weighted by Crippen LogP contribution is -1.87. The molecule has 0 aromatic carbocycles. The minimum atomic E-state index is 0.979. The van der Waals surface area contributed by atoms with Gasteiger partial charge in [0.05, 0.1) is 18.2 Å². The van der Waals surface area contributed by atoms with Gasteiger partial charge in [-0.25, -0.2) is 9.97 Å². The number of hydrogen-bond donors (Lipinski definition) is 0. The van der Waals surface area contributed by atoms with Gasteiger partial charge in [0.25, 0.3) is 0 Å². The van der Waals surface area contributed by atoms with Gasteiger partial charge in [-0.2, -0.15) is 0 Å². The van der Waals surface area contributed by atoms with E-state index in [9.17, 15) is 0 Å². The summed E-state index contributed by atoms with van der Waals surface area (Å²) < 4.78 is 1.95. The molecule has 0 bridgehead atoms. The third kappa shape index (κ3) is 1.14. The van der Waals surface area contributed by atoms with Crippen LogP contribution in [-0.2, 0) is 7.05 Å². The average molecular weight is 178 g/mol. The Kier molecular flexibility index (Phi) is 1.69. The highest BCUT2D eigenvalue weighted by Crippen LogP contribution is 2.22. The predicted molar refractivity (Wildman–Crippen MR) is 47.9 cm³/mol. The SMILES string of the molecule is Cc1[c]nc(-c2cncn2C)s1. The number of thiazole rings is 1. The average Bonchev–Trinajstić information content (AvgIpc) is 2.58. The fraction of sp³-hybridized carbons (Fsp3) is 0.250. The Bertz CT molecular complexity index is 388. The molecular formula is C8H8N3S. The van der Waals surface area contributed by atoms with Crippen molar-refractivity contribution in [2.45, 2.75) is 6.92 Å². The molecule has 0 N–H and O–H groups in total. The van der Waals surface area contributed by atoms with Crippen LogP contribution in [0.2, 0.25) is 0 Å². The predicted octanol–water partition coefficient (Wildman–Crippen LogP) is 1.65. The molecule has 0 saturated heterocycles. The molecule has 2 heterocycles. The maximum atomic E-state index is 4.15. The van der Waals surface area contributed by atoms with E-state index in [4.69, 9.17) is 0 Å². The van der Waals surface area contributed by atoms with E-state index in [-0.39, 0.29) is 0 Å². The summed E-state index contributed by atoms with van der Waals surface area (Å²) in [6, 6.07) is 0.